The first-order valence-electron chi connectivity index (χ1n) is 7.30. The Morgan fingerprint density at radius 1 is 1.40 bits per heavy atom. The SMILES string of the molecule is CCN(CC)C(=O)C(C)NCCCC(C)(C)C(N)=NO. The van der Waals surface area contributed by atoms with E-state index in [1.54, 1.807) is 0 Å². The number of hydrogen-bond donors (Lipinski definition) is 3. The van der Waals surface area contributed by atoms with Gasteiger partial charge in [0, 0.05) is 18.5 Å². The number of rotatable bonds is 9. The molecule has 0 saturated heterocycles. The summed E-state index contributed by atoms with van der Waals surface area (Å²) in [6.07, 6.45) is 1.65. The van der Waals surface area contributed by atoms with Gasteiger partial charge < -0.3 is 21.2 Å². The molecule has 0 fully saturated rings. The molecule has 118 valence electrons. The molecule has 0 aromatic carbocycles. The molecule has 1 atom stereocenters. The molecule has 0 aromatic rings. The van der Waals surface area contributed by atoms with Crippen LogP contribution in [-0.2, 0) is 4.79 Å². The topological polar surface area (TPSA) is 91.0 Å². The molecule has 6 nitrogen and oxygen atoms in total. The third-order valence-electron chi connectivity index (χ3n) is 3.68. The van der Waals surface area contributed by atoms with Gasteiger partial charge in [-0.15, -0.1) is 0 Å². The maximum absolute atomic E-state index is 12.0. The van der Waals surface area contributed by atoms with Crippen molar-refractivity contribution < 1.29 is 10.0 Å². The molecule has 20 heavy (non-hydrogen) atoms. The van der Waals surface area contributed by atoms with Crippen molar-refractivity contribution in [2.24, 2.45) is 16.3 Å². The third-order valence-corrected chi connectivity index (χ3v) is 3.68. The highest BCUT2D eigenvalue weighted by Crippen LogP contribution is 2.21. The second-order valence-electron chi connectivity index (χ2n) is 5.66. The lowest BCUT2D eigenvalue weighted by Crippen LogP contribution is -2.45. The molecule has 0 saturated carbocycles. The van der Waals surface area contributed by atoms with Gasteiger partial charge in [0.1, 0.15) is 5.84 Å². The lowest BCUT2D eigenvalue weighted by molar-refractivity contribution is -0.132. The Labute approximate surface area is 122 Å². The Hall–Kier alpha value is -1.30. The molecule has 0 aromatic heterocycles. The Balaban J connectivity index is 4.10. The highest BCUT2D eigenvalue weighted by molar-refractivity contribution is 5.85. The van der Waals surface area contributed by atoms with E-state index in [1.165, 1.54) is 0 Å². The minimum Gasteiger partial charge on any atom is -0.409 e. The molecule has 0 heterocycles. The number of likely N-dealkylation sites (N-methyl/N-ethyl adjacent to an activating group) is 1. The fourth-order valence-electron chi connectivity index (χ4n) is 2.01. The van der Waals surface area contributed by atoms with E-state index < -0.39 is 0 Å². The van der Waals surface area contributed by atoms with Crippen molar-refractivity contribution in [2.75, 3.05) is 19.6 Å². The van der Waals surface area contributed by atoms with Crippen LogP contribution in [0.25, 0.3) is 0 Å². The van der Waals surface area contributed by atoms with Gasteiger partial charge in [-0.3, -0.25) is 4.79 Å². The van der Waals surface area contributed by atoms with Gasteiger partial charge in [0.15, 0.2) is 0 Å². The molecular weight excluding hydrogens is 256 g/mol. The number of oxime groups is 1. The normalized spacial score (nSPS) is 14.2. The molecule has 1 unspecified atom stereocenters. The molecule has 0 aliphatic carbocycles. The van der Waals surface area contributed by atoms with Crippen molar-refractivity contribution in [3.8, 4) is 0 Å². The van der Waals surface area contributed by atoms with Crippen LogP contribution in [0.5, 0.6) is 0 Å². The summed E-state index contributed by atoms with van der Waals surface area (Å²) >= 11 is 0. The Kier molecular flexibility index (Phi) is 8.22. The summed E-state index contributed by atoms with van der Waals surface area (Å²) in [5, 5.41) is 15.0. The predicted molar refractivity (Wildman–Crippen MR) is 81.8 cm³/mol. The highest BCUT2D eigenvalue weighted by atomic mass is 16.4. The minimum atomic E-state index is -0.331. The van der Waals surface area contributed by atoms with Crippen molar-refractivity contribution in [2.45, 2.75) is 53.5 Å². The third kappa shape index (κ3) is 5.77. The van der Waals surface area contributed by atoms with Crippen LogP contribution in [0.15, 0.2) is 5.16 Å². The van der Waals surface area contributed by atoms with E-state index >= 15 is 0 Å². The van der Waals surface area contributed by atoms with Crippen LogP contribution >= 0.6 is 0 Å². The van der Waals surface area contributed by atoms with Crippen LogP contribution in [0.4, 0.5) is 0 Å². The van der Waals surface area contributed by atoms with E-state index in [-0.39, 0.29) is 23.2 Å². The summed E-state index contributed by atoms with van der Waals surface area (Å²) < 4.78 is 0. The molecular formula is C14H30N4O2. The van der Waals surface area contributed by atoms with E-state index in [4.69, 9.17) is 10.9 Å². The molecule has 0 radical (unpaired) electrons. The average Bonchev–Trinajstić information content (AvgIpc) is 2.43. The zero-order chi connectivity index (χ0) is 15.8. The number of nitrogens with zero attached hydrogens (tertiary/aromatic N) is 2. The Morgan fingerprint density at radius 2 is 1.95 bits per heavy atom. The zero-order valence-corrected chi connectivity index (χ0v) is 13.4. The van der Waals surface area contributed by atoms with Crippen LogP contribution in [0.2, 0.25) is 0 Å². The van der Waals surface area contributed by atoms with Gasteiger partial charge in [-0.1, -0.05) is 19.0 Å². The fraction of sp³-hybridized carbons (Fsp3) is 0.857. The first kappa shape index (κ1) is 18.7. The molecule has 1 amide bonds. The van der Waals surface area contributed by atoms with Crippen molar-refractivity contribution in [3.05, 3.63) is 0 Å². The molecule has 6 heteroatoms. The van der Waals surface area contributed by atoms with E-state index in [0.29, 0.717) is 0 Å². The first-order valence-corrected chi connectivity index (χ1v) is 7.30. The zero-order valence-electron chi connectivity index (χ0n) is 13.4. The van der Waals surface area contributed by atoms with Gasteiger partial charge in [0.05, 0.1) is 6.04 Å². The maximum atomic E-state index is 12.0. The smallest absolute Gasteiger partial charge is 0.239 e. The first-order chi connectivity index (χ1) is 9.30. The minimum absolute atomic E-state index is 0.130. The number of carbonyl (C=O) groups is 1. The van der Waals surface area contributed by atoms with Crippen molar-refractivity contribution >= 4 is 11.7 Å². The van der Waals surface area contributed by atoms with Gasteiger partial charge in [-0.2, -0.15) is 0 Å². The quantitative estimate of drug-likeness (QED) is 0.196. The lowest BCUT2D eigenvalue weighted by atomic mass is 9.86. The number of amides is 1. The van der Waals surface area contributed by atoms with Crippen LogP contribution in [-0.4, -0.2) is 47.5 Å². The van der Waals surface area contributed by atoms with E-state index in [0.717, 1.165) is 32.5 Å². The summed E-state index contributed by atoms with van der Waals surface area (Å²) in [4.78, 5) is 13.9. The summed E-state index contributed by atoms with van der Waals surface area (Å²) in [5.74, 6) is 0.371. The van der Waals surface area contributed by atoms with Crippen molar-refractivity contribution in [1.29, 1.82) is 0 Å². The summed E-state index contributed by atoms with van der Waals surface area (Å²) in [5.41, 5.74) is 5.30. The van der Waals surface area contributed by atoms with Gasteiger partial charge in [0.2, 0.25) is 5.91 Å². The monoisotopic (exact) mass is 286 g/mol. The molecule has 4 N–H and O–H groups in total. The number of amidine groups is 1. The molecule has 0 aliphatic heterocycles. The second-order valence-corrected chi connectivity index (χ2v) is 5.66. The van der Waals surface area contributed by atoms with Gasteiger partial charge in [0.25, 0.3) is 0 Å². The summed E-state index contributed by atoms with van der Waals surface area (Å²) in [6, 6.07) is -0.179. The number of nitrogens with one attached hydrogen (secondary N) is 1. The lowest BCUT2D eigenvalue weighted by Gasteiger charge is -2.25. The van der Waals surface area contributed by atoms with Crippen molar-refractivity contribution in [1.82, 2.24) is 10.2 Å². The van der Waals surface area contributed by atoms with Gasteiger partial charge in [-0.05, 0) is 40.2 Å². The Bertz CT molecular complexity index is 325. The number of carbonyl (C=O) groups excluding carboxylic acids is 1. The average molecular weight is 286 g/mol. The molecule has 0 bridgehead atoms. The summed E-state index contributed by atoms with van der Waals surface area (Å²) in [6.45, 7) is 11.9. The Morgan fingerprint density at radius 3 is 2.40 bits per heavy atom. The standard InChI is InChI=1S/C14H30N4O2/c1-6-18(7-2)12(19)11(3)16-10-8-9-14(4,5)13(15)17-20/h11,16,20H,6-10H2,1-5H3,(H2,15,17). The van der Waals surface area contributed by atoms with E-state index in [1.807, 2.05) is 39.5 Å². The van der Waals surface area contributed by atoms with E-state index in [2.05, 4.69) is 10.5 Å². The largest absolute Gasteiger partial charge is 0.409 e. The van der Waals surface area contributed by atoms with Crippen LogP contribution < -0.4 is 11.1 Å². The summed E-state index contributed by atoms with van der Waals surface area (Å²) in [7, 11) is 0. The van der Waals surface area contributed by atoms with Gasteiger partial charge in [-0.25, -0.2) is 0 Å². The van der Waals surface area contributed by atoms with Crippen LogP contribution in [0, 0.1) is 5.41 Å². The van der Waals surface area contributed by atoms with Crippen LogP contribution in [0.3, 0.4) is 0 Å². The molecule has 0 rings (SSSR count). The van der Waals surface area contributed by atoms with E-state index in [9.17, 15) is 4.79 Å². The highest BCUT2D eigenvalue weighted by Gasteiger charge is 2.23. The number of nitrogens with two attached hydrogens (primary N) is 1. The van der Waals surface area contributed by atoms with Gasteiger partial charge >= 0.3 is 0 Å². The molecule has 0 aliphatic rings. The second kappa shape index (κ2) is 8.79. The number of hydrogen-bond acceptors (Lipinski definition) is 4. The maximum Gasteiger partial charge on any atom is 0.239 e. The predicted octanol–water partition coefficient (Wildman–Crippen LogP) is 1.39. The molecule has 0 spiro atoms. The fourth-order valence-corrected chi connectivity index (χ4v) is 2.01. The van der Waals surface area contributed by atoms with Crippen molar-refractivity contribution in [3.63, 3.8) is 0 Å². The van der Waals surface area contributed by atoms with Crippen LogP contribution in [0.1, 0.15) is 47.5 Å².